The molecule has 17 heavy (non-hydrogen) atoms. The van der Waals surface area contributed by atoms with Gasteiger partial charge in [-0.2, -0.15) is 0 Å². The summed E-state index contributed by atoms with van der Waals surface area (Å²) in [7, 11) is 0. The first-order chi connectivity index (χ1) is 8.15. The summed E-state index contributed by atoms with van der Waals surface area (Å²) in [6, 6.07) is 1.88. The summed E-state index contributed by atoms with van der Waals surface area (Å²) < 4.78 is 0. The Balaban J connectivity index is 2.04. The number of carbonyl (C=O) groups excluding carboxylic acids is 1. The third-order valence-electron chi connectivity index (χ3n) is 3.07. The van der Waals surface area contributed by atoms with Crippen LogP contribution in [0.15, 0.2) is 12.3 Å². The lowest BCUT2D eigenvalue weighted by Gasteiger charge is -2.32. The van der Waals surface area contributed by atoms with E-state index in [9.17, 15) is 4.79 Å². The van der Waals surface area contributed by atoms with Crippen LogP contribution in [0.1, 0.15) is 25.0 Å². The highest BCUT2D eigenvalue weighted by Gasteiger charge is 2.22. The molecule has 2 rings (SSSR count). The highest BCUT2D eigenvalue weighted by atomic mass is 16.1. The predicted molar refractivity (Wildman–Crippen MR) is 65.5 cm³/mol. The van der Waals surface area contributed by atoms with Crippen LogP contribution in [-0.2, 0) is 4.79 Å². The lowest BCUT2D eigenvalue weighted by molar-refractivity contribution is -0.118. The van der Waals surface area contributed by atoms with Crippen LogP contribution in [-0.4, -0.2) is 29.0 Å². The smallest absolute Gasteiger partial charge is 0.225 e. The summed E-state index contributed by atoms with van der Waals surface area (Å²) >= 11 is 0. The fourth-order valence-electron chi connectivity index (χ4n) is 2.29. The fraction of sp³-hybridized carbons (Fsp3) is 0.583. The van der Waals surface area contributed by atoms with Crippen LogP contribution in [0.2, 0.25) is 0 Å². The molecule has 0 spiro atoms. The summed E-state index contributed by atoms with van der Waals surface area (Å²) in [6.07, 6.45) is 4.36. The maximum Gasteiger partial charge on any atom is 0.225 e. The molecule has 1 atom stereocenters. The maximum atomic E-state index is 10.9. The number of anilines is 1. The van der Waals surface area contributed by atoms with Crippen molar-refractivity contribution in [3.8, 4) is 0 Å². The van der Waals surface area contributed by atoms with Crippen molar-refractivity contribution >= 4 is 11.9 Å². The van der Waals surface area contributed by atoms with Gasteiger partial charge in [-0.3, -0.25) is 4.79 Å². The summed E-state index contributed by atoms with van der Waals surface area (Å²) in [5.41, 5.74) is 6.21. The van der Waals surface area contributed by atoms with Gasteiger partial charge in [0.15, 0.2) is 0 Å². The number of aryl methyl sites for hydroxylation is 1. The van der Waals surface area contributed by atoms with Crippen LogP contribution in [0.5, 0.6) is 0 Å². The first-order valence-corrected chi connectivity index (χ1v) is 5.98. The predicted octanol–water partition coefficient (Wildman–Crippen LogP) is 0.877. The van der Waals surface area contributed by atoms with E-state index in [0.717, 1.165) is 37.6 Å². The average Bonchev–Trinajstić information content (AvgIpc) is 2.28. The highest BCUT2D eigenvalue weighted by molar-refractivity contribution is 5.74. The van der Waals surface area contributed by atoms with E-state index in [4.69, 9.17) is 5.73 Å². The molecule has 1 unspecified atom stereocenters. The minimum Gasteiger partial charge on any atom is -0.370 e. The second-order valence-corrected chi connectivity index (χ2v) is 4.62. The molecule has 0 saturated carbocycles. The van der Waals surface area contributed by atoms with Gasteiger partial charge in [0.25, 0.3) is 0 Å². The Morgan fingerprint density at radius 3 is 3.18 bits per heavy atom. The molecule has 0 bridgehead atoms. The van der Waals surface area contributed by atoms with Crippen molar-refractivity contribution in [3.63, 3.8) is 0 Å². The second kappa shape index (κ2) is 5.12. The third-order valence-corrected chi connectivity index (χ3v) is 3.07. The van der Waals surface area contributed by atoms with Gasteiger partial charge in [0.1, 0.15) is 0 Å². The van der Waals surface area contributed by atoms with Crippen LogP contribution in [0.3, 0.4) is 0 Å². The van der Waals surface area contributed by atoms with Gasteiger partial charge in [-0.25, -0.2) is 9.97 Å². The molecule has 1 aliphatic rings. The summed E-state index contributed by atoms with van der Waals surface area (Å²) in [5, 5.41) is 0. The minimum absolute atomic E-state index is 0.220. The van der Waals surface area contributed by atoms with Crippen LogP contribution in [0.4, 0.5) is 5.95 Å². The lowest BCUT2D eigenvalue weighted by atomic mass is 9.95. The normalized spacial score (nSPS) is 20.3. The Morgan fingerprint density at radius 2 is 2.47 bits per heavy atom. The number of hydrogen-bond donors (Lipinski definition) is 1. The summed E-state index contributed by atoms with van der Waals surface area (Å²) in [5.74, 6) is 0.881. The largest absolute Gasteiger partial charge is 0.370 e. The Hall–Kier alpha value is -1.65. The van der Waals surface area contributed by atoms with Crippen LogP contribution in [0.25, 0.3) is 0 Å². The molecule has 5 nitrogen and oxygen atoms in total. The van der Waals surface area contributed by atoms with Gasteiger partial charge in [0, 0.05) is 31.4 Å². The minimum atomic E-state index is -0.220. The van der Waals surface area contributed by atoms with Crippen LogP contribution >= 0.6 is 0 Å². The molecular formula is C12H18N4O. The van der Waals surface area contributed by atoms with Gasteiger partial charge in [-0.15, -0.1) is 0 Å². The molecule has 1 fully saturated rings. The number of carbonyl (C=O) groups is 1. The number of hydrogen-bond acceptors (Lipinski definition) is 4. The Kier molecular flexibility index (Phi) is 3.56. The first-order valence-electron chi connectivity index (χ1n) is 5.98. The molecular weight excluding hydrogens is 216 g/mol. The van der Waals surface area contributed by atoms with E-state index in [1.165, 1.54) is 0 Å². The molecule has 92 valence electrons. The van der Waals surface area contributed by atoms with Gasteiger partial charge in [0.05, 0.1) is 0 Å². The molecule has 2 heterocycles. The van der Waals surface area contributed by atoms with E-state index in [0.29, 0.717) is 12.3 Å². The monoisotopic (exact) mass is 234 g/mol. The zero-order valence-electron chi connectivity index (χ0n) is 10.1. The zero-order chi connectivity index (χ0) is 12.3. The van der Waals surface area contributed by atoms with Crippen LogP contribution < -0.4 is 10.6 Å². The third kappa shape index (κ3) is 3.15. The van der Waals surface area contributed by atoms with Gasteiger partial charge in [-0.05, 0) is 31.7 Å². The molecule has 0 aromatic carbocycles. The molecule has 1 aromatic rings. The highest BCUT2D eigenvalue weighted by Crippen LogP contribution is 2.22. The summed E-state index contributed by atoms with van der Waals surface area (Å²) in [4.78, 5) is 21.8. The van der Waals surface area contributed by atoms with E-state index in [-0.39, 0.29) is 5.91 Å². The molecule has 2 N–H and O–H groups in total. The Morgan fingerprint density at radius 1 is 1.65 bits per heavy atom. The van der Waals surface area contributed by atoms with E-state index in [1.54, 1.807) is 6.20 Å². The number of rotatable bonds is 3. The topological polar surface area (TPSA) is 72.1 Å². The molecule has 1 aromatic heterocycles. The average molecular weight is 234 g/mol. The molecule has 0 aliphatic carbocycles. The van der Waals surface area contributed by atoms with E-state index < -0.39 is 0 Å². The Bertz CT molecular complexity index is 407. The van der Waals surface area contributed by atoms with E-state index in [2.05, 4.69) is 14.9 Å². The lowest BCUT2D eigenvalue weighted by Crippen LogP contribution is -2.38. The van der Waals surface area contributed by atoms with Crippen molar-refractivity contribution in [1.29, 1.82) is 0 Å². The number of amides is 1. The maximum absolute atomic E-state index is 10.9. The van der Waals surface area contributed by atoms with Gasteiger partial charge in [0.2, 0.25) is 11.9 Å². The molecule has 5 heteroatoms. The number of primary amides is 1. The quantitative estimate of drug-likeness (QED) is 0.842. The number of nitrogens with two attached hydrogens (primary N) is 1. The number of aromatic nitrogens is 2. The molecule has 1 amide bonds. The zero-order valence-corrected chi connectivity index (χ0v) is 10.1. The van der Waals surface area contributed by atoms with Gasteiger partial charge < -0.3 is 10.6 Å². The van der Waals surface area contributed by atoms with E-state index >= 15 is 0 Å². The Labute approximate surface area is 101 Å². The van der Waals surface area contributed by atoms with Crippen LogP contribution in [0, 0.1) is 12.8 Å². The standard InChI is InChI=1S/C12H18N4O/c1-9-4-5-14-12(15-9)16-6-2-3-10(8-16)7-11(13)17/h4-5,10H,2-3,6-8H2,1H3,(H2,13,17). The van der Waals surface area contributed by atoms with Crippen molar-refractivity contribution in [3.05, 3.63) is 18.0 Å². The van der Waals surface area contributed by atoms with Gasteiger partial charge >= 0.3 is 0 Å². The second-order valence-electron chi connectivity index (χ2n) is 4.62. The number of nitrogens with zero attached hydrogens (tertiary/aromatic N) is 3. The first kappa shape index (κ1) is 11.8. The van der Waals surface area contributed by atoms with Crippen molar-refractivity contribution in [2.24, 2.45) is 11.7 Å². The SMILES string of the molecule is Cc1ccnc(N2CCCC(CC(N)=O)C2)n1. The molecule has 0 radical (unpaired) electrons. The van der Waals surface area contributed by atoms with Gasteiger partial charge in [-0.1, -0.05) is 0 Å². The van der Waals surface area contributed by atoms with Crippen molar-refractivity contribution < 1.29 is 4.79 Å². The molecule has 1 saturated heterocycles. The number of piperidine rings is 1. The van der Waals surface area contributed by atoms with Crippen molar-refractivity contribution in [2.75, 3.05) is 18.0 Å². The fourth-order valence-corrected chi connectivity index (χ4v) is 2.29. The molecule has 1 aliphatic heterocycles. The van der Waals surface area contributed by atoms with E-state index in [1.807, 2.05) is 13.0 Å². The van der Waals surface area contributed by atoms with Crippen molar-refractivity contribution in [2.45, 2.75) is 26.2 Å². The summed E-state index contributed by atoms with van der Waals surface area (Å²) in [6.45, 7) is 3.74. The van der Waals surface area contributed by atoms with Crippen molar-refractivity contribution in [1.82, 2.24) is 9.97 Å².